The van der Waals surface area contributed by atoms with Gasteiger partial charge in [0.1, 0.15) is 11.4 Å². The number of pyridine rings is 1. The number of rotatable bonds is 4. The maximum Gasteiger partial charge on any atom is 0.357 e. The lowest BCUT2D eigenvalue weighted by Crippen LogP contribution is -2.14. The van der Waals surface area contributed by atoms with Gasteiger partial charge in [0, 0.05) is 11.6 Å². The predicted octanol–water partition coefficient (Wildman–Crippen LogP) is 3.60. The fourth-order valence-electron chi connectivity index (χ4n) is 1.82. The van der Waals surface area contributed by atoms with Crippen LogP contribution in [0.25, 0.3) is 11.3 Å². The van der Waals surface area contributed by atoms with Gasteiger partial charge >= 0.3 is 5.97 Å². The van der Waals surface area contributed by atoms with Crippen molar-refractivity contribution in [2.75, 3.05) is 7.11 Å². The lowest BCUT2D eigenvalue weighted by Gasteiger charge is -2.10. The van der Waals surface area contributed by atoms with E-state index in [0.29, 0.717) is 11.3 Å². The van der Waals surface area contributed by atoms with Gasteiger partial charge in [-0.1, -0.05) is 0 Å². The molecule has 0 saturated heterocycles. The summed E-state index contributed by atoms with van der Waals surface area (Å²) in [7, 11) is 1.50. The van der Waals surface area contributed by atoms with E-state index in [1.165, 1.54) is 19.2 Å². The van der Waals surface area contributed by atoms with Crippen molar-refractivity contribution in [2.45, 2.75) is 20.0 Å². The Morgan fingerprint density at radius 3 is 2.36 bits per heavy atom. The number of esters is 1. The lowest BCUT2D eigenvalue weighted by molar-refractivity contribution is 0.0370. The number of hydrogen-bond donors (Lipinski definition) is 0. The molecule has 0 radical (unpaired) electrons. The van der Waals surface area contributed by atoms with E-state index in [4.69, 9.17) is 9.47 Å². The molecule has 0 unspecified atom stereocenters. The molecule has 0 aliphatic carbocycles. The largest absolute Gasteiger partial charge is 0.497 e. The van der Waals surface area contributed by atoms with Gasteiger partial charge in [-0.25, -0.2) is 18.6 Å². The molecular weight excluding hydrogens is 292 g/mol. The summed E-state index contributed by atoms with van der Waals surface area (Å²) in [5.74, 6) is -2.51. The molecule has 2 aromatic rings. The van der Waals surface area contributed by atoms with Gasteiger partial charge < -0.3 is 9.47 Å². The molecule has 4 nitrogen and oxygen atoms in total. The minimum atomic E-state index is -1.16. The van der Waals surface area contributed by atoms with Crippen LogP contribution in [0.15, 0.2) is 30.3 Å². The minimum absolute atomic E-state index is 0.252. The second-order valence-corrected chi connectivity index (χ2v) is 4.83. The SMILES string of the molecule is COc1ccc(-c2nc(C(=O)OC(C)C)cc(F)c2F)cc1. The second-order valence-electron chi connectivity index (χ2n) is 4.83. The third-order valence-electron chi connectivity index (χ3n) is 2.83. The summed E-state index contributed by atoms with van der Waals surface area (Å²) < 4.78 is 37.6. The number of aromatic nitrogens is 1. The average molecular weight is 307 g/mol. The van der Waals surface area contributed by atoms with Crippen LogP contribution in [0.3, 0.4) is 0 Å². The van der Waals surface area contributed by atoms with Gasteiger partial charge in [0.15, 0.2) is 17.3 Å². The molecule has 0 N–H and O–H groups in total. The van der Waals surface area contributed by atoms with Gasteiger partial charge in [0.2, 0.25) is 0 Å². The van der Waals surface area contributed by atoms with E-state index in [1.54, 1.807) is 26.0 Å². The van der Waals surface area contributed by atoms with E-state index >= 15 is 0 Å². The molecular formula is C16H15F2NO3. The first-order valence-corrected chi connectivity index (χ1v) is 6.63. The molecule has 0 bridgehead atoms. The standard InChI is InChI=1S/C16H15F2NO3/c1-9(2)22-16(20)13-8-12(17)14(18)15(19-13)10-4-6-11(21-3)7-5-10/h4-9H,1-3H3. The molecule has 0 spiro atoms. The zero-order valence-electron chi connectivity index (χ0n) is 12.4. The first-order chi connectivity index (χ1) is 10.4. The molecule has 22 heavy (non-hydrogen) atoms. The third-order valence-corrected chi connectivity index (χ3v) is 2.83. The van der Waals surface area contributed by atoms with Crippen LogP contribution in [0.2, 0.25) is 0 Å². The van der Waals surface area contributed by atoms with Crippen molar-refractivity contribution < 1.29 is 23.0 Å². The Balaban J connectivity index is 2.45. The second kappa shape index (κ2) is 6.51. The van der Waals surface area contributed by atoms with Crippen molar-refractivity contribution in [3.05, 3.63) is 47.7 Å². The summed E-state index contributed by atoms with van der Waals surface area (Å²) in [5.41, 5.74) is -0.201. The van der Waals surface area contributed by atoms with Crippen LogP contribution in [0.4, 0.5) is 8.78 Å². The summed E-state index contributed by atoms with van der Waals surface area (Å²) in [4.78, 5) is 15.7. The fraction of sp³-hybridized carbons (Fsp3) is 0.250. The molecule has 1 aromatic carbocycles. The van der Waals surface area contributed by atoms with Crippen molar-refractivity contribution in [2.24, 2.45) is 0 Å². The third kappa shape index (κ3) is 3.39. The fourth-order valence-corrected chi connectivity index (χ4v) is 1.82. The van der Waals surface area contributed by atoms with Gasteiger partial charge in [-0.2, -0.15) is 0 Å². The quantitative estimate of drug-likeness (QED) is 0.810. The summed E-state index contributed by atoms with van der Waals surface area (Å²) in [6.07, 6.45) is -0.383. The summed E-state index contributed by atoms with van der Waals surface area (Å²) in [6, 6.07) is 6.97. The minimum Gasteiger partial charge on any atom is -0.497 e. The van der Waals surface area contributed by atoms with Gasteiger partial charge in [0.05, 0.1) is 13.2 Å². The Morgan fingerprint density at radius 1 is 1.18 bits per heavy atom. The molecule has 2 rings (SSSR count). The Bertz CT molecular complexity index is 685. The molecule has 0 saturated carbocycles. The molecule has 6 heteroatoms. The van der Waals surface area contributed by atoms with Gasteiger partial charge in [-0.05, 0) is 38.1 Å². The van der Waals surface area contributed by atoms with Crippen LogP contribution in [-0.2, 0) is 4.74 Å². The van der Waals surface area contributed by atoms with Crippen molar-refractivity contribution >= 4 is 5.97 Å². The van der Waals surface area contributed by atoms with Crippen LogP contribution < -0.4 is 4.74 Å². The summed E-state index contributed by atoms with van der Waals surface area (Å²) in [5, 5.41) is 0. The van der Waals surface area contributed by atoms with E-state index in [9.17, 15) is 13.6 Å². The van der Waals surface area contributed by atoms with Gasteiger partial charge in [-0.3, -0.25) is 0 Å². The monoisotopic (exact) mass is 307 g/mol. The van der Waals surface area contributed by atoms with Crippen LogP contribution in [0.1, 0.15) is 24.3 Å². The first kappa shape index (κ1) is 15.9. The zero-order chi connectivity index (χ0) is 16.3. The Morgan fingerprint density at radius 2 is 1.82 bits per heavy atom. The highest BCUT2D eigenvalue weighted by Crippen LogP contribution is 2.25. The van der Waals surface area contributed by atoms with E-state index in [-0.39, 0.29) is 17.5 Å². The highest BCUT2D eigenvalue weighted by atomic mass is 19.2. The van der Waals surface area contributed by atoms with Crippen molar-refractivity contribution in [3.63, 3.8) is 0 Å². The zero-order valence-corrected chi connectivity index (χ0v) is 12.4. The number of carbonyl (C=O) groups is 1. The molecule has 0 fully saturated rings. The maximum absolute atomic E-state index is 14.0. The van der Waals surface area contributed by atoms with Crippen LogP contribution in [0.5, 0.6) is 5.75 Å². The lowest BCUT2D eigenvalue weighted by atomic mass is 10.1. The van der Waals surface area contributed by atoms with Gasteiger partial charge in [0.25, 0.3) is 0 Å². The Labute approximate surface area is 126 Å². The maximum atomic E-state index is 14.0. The molecule has 0 aliphatic rings. The van der Waals surface area contributed by atoms with E-state index in [0.717, 1.165) is 6.07 Å². The topological polar surface area (TPSA) is 48.4 Å². The molecule has 1 aromatic heterocycles. The Hall–Kier alpha value is -2.50. The van der Waals surface area contributed by atoms with Crippen molar-refractivity contribution in [1.29, 1.82) is 0 Å². The summed E-state index contributed by atoms with van der Waals surface area (Å²) in [6.45, 7) is 3.31. The van der Waals surface area contributed by atoms with E-state index in [2.05, 4.69) is 4.98 Å². The highest BCUT2D eigenvalue weighted by Gasteiger charge is 2.19. The van der Waals surface area contributed by atoms with Crippen molar-refractivity contribution in [1.82, 2.24) is 4.98 Å². The number of hydrogen-bond acceptors (Lipinski definition) is 4. The van der Waals surface area contributed by atoms with Crippen LogP contribution >= 0.6 is 0 Å². The Kier molecular flexibility index (Phi) is 4.70. The highest BCUT2D eigenvalue weighted by molar-refractivity contribution is 5.88. The summed E-state index contributed by atoms with van der Waals surface area (Å²) >= 11 is 0. The molecule has 116 valence electrons. The predicted molar refractivity (Wildman–Crippen MR) is 76.7 cm³/mol. The number of nitrogens with zero attached hydrogens (tertiary/aromatic N) is 1. The number of carbonyl (C=O) groups excluding carboxylic acids is 1. The first-order valence-electron chi connectivity index (χ1n) is 6.63. The average Bonchev–Trinajstić information content (AvgIpc) is 2.49. The number of ether oxygens (including phenoxy) is 2. The number of benzene rings is 1. The van der Waals surface area contributed by atoms with Crippen LogP contribution in [0, 0.1) is 11.6 Å². The van der Waals surface area contributed by atoms with E-state index in [1.807, 2.05) is 0 Å². The number of methoxy groups -OCH3 is 1. The molecule has 0 amide bonds. The smallest absolute Gasteiger partial charge is 0.357 e. The van der Waals surface area contributed by atoms with Crippen molar-refractivity contribution in [3.8, 4) is 17.0 Å². The van der Waals surface area contributed by atoms with E-state index < -0.39 is 17.6 Å². The van der Waals surface area contributed by atoms with Crippen LogP contribution in [-0.4, -0.2) is 24.2 Å². The van der Waals surface area contributed by atoms with Gasteiger partial charge in [-0.15, -0.1) is 0 Å². The molecule has 1 heterocycles. The number of halogens is 2. The molecule has 0 aliphatic heterocycles. The molecule has 0 atom stereocenters. The normalized spacial score (nSPS) is 10.6.